The van der Waals surface area contributed by atoms with Gasteiger partial charge in [-0.1, -0.05) is 6.92 Å². The summed E-state index contributed by atoms with van der Waals surface area (Å²) in [5.41, 5.74) is 1.02. The summed E-state index contributed by atoms with van der Waals surface area (Å²) in [6, 6.07) is 3.82. The van der Waals surface area contributed by atoms with E-state index < -0.39 is 11.6 Å². The average Bonchev–Trinajstić information content (AvgIpc) is 2.97. The molecular weight excluding hydrogens is 220 g/mol. The Hall–Kier alpha value is -0.960. The van der Waals surface area contributed by atoms with Crippen LogP contribution < -0.4 is 5.32 Å². The van der Waals surface area contributed by atoms with Gasteiger partial charge in [-0.15, -0.1) is 0 Å². The van der Waals surface area contributed by atoms with Gasteiger partial charge in [0.05, 0.1) is 0 Å². The van der Waals surface area contributed by atoms with Crippen LogP contribution in [0, 0.1) is 17.0 Å². The molecule has 1 aliphatic carbocycles. The Kier molecular flexibility index (Phi) is 3.77. The quantitative estimate of drug-likeness (QED) is 0.751. The van der Waals surface area contributed by atoms with Crippen LogP contribution in [-0.4, -0.2) is 13.1 Å². The van der Waals surface area contributed by atoms with Gasteiger partial charge in [0, 0.05) is 12.6 Å². The lowest BCUT2D eigenvalue weighted by atomic mass is 9.96. The van der Waals surface area contributed by atoms with Crippen LogP contribution in [0.15, 0.2) is 18.2 Å². The van der Waals surface area contributed by atoms with E-state index in [0.717, 1.165) is 50.4 Å². The van der Waals surface area contributed by atoms with E-state index in [-0.39, 0.29) is 5.41 Å². The molecule has 0 aromatic heterocycles. The number of hydrogen-bond acceptors (Lipinski definition) is 1. The van der Waals surface area contributed by atoms with Gasteiger partial charge in [-0.05, 0) is 55.3 Å². The van der Waals surface area contributed by atoms with E-state index in [2.05, 4.69) is 12.2 Å². The van der Waals surface area contributed by atoms with Crippen molar-refractivity contribution in [2.45, 2.75) is 32.6 Å². The van der Waals surface area contributed by atoms with Crippen LogP contribution >= 0.6 is 0 Å². The molecule has 1 aromatic rings. The molecule has 0 unspecified atom stereocenters. The van der Waals surface area contributed by atoms with Crippen LogP contribution in [0.5, 0.6) is 0 Å². The van der Waals surface area contributed by atoms with E-state index in [4.69, 9.17) is 0 Å². The maximum Gasteiger partial charge on any atom is 0.126 e. The second-order valence-electron chi connectivity index (χ2n) is 5.13. The van der Waals surface area contributed by atoms with Crippen LogP contribution in [0.25, 0.3) is 0 Å². The molecule has 0 amide bonds. The van der Waals surface area contributed by atoms with Crippen molar-refractivity contribution in [2.75, 3.05) is 13.1 Å². The van der Waals surface area contributed by atoms with Crippen molar-refractivity contribution in [3.05, 3.63) is 35.4 Å². The molecule has 2 rings (SSSR count). The molecule has 17 heavy (non-hydrogen) atoms. The first-order chi connectivity index (χ1) is 8.13. The lowest BCUT2D eigenvalue weighted by molar-refractivity contribution is 0.453. The number of nitrogens with one attached hydrogen (secondary N) is 1. The van der Waals surface area contributed by atoms with Crippen molar-refractivity contribution in [3.63, 3.8) is 0 Å². The molecule has 0 bridgehead atoms. The second kappa shape index (κ2) is 5.13. The third-order valence-corrected chi connectivity index (χ3v) is 3.39. The van der Waals surface area contributed by atoms with Crippen LogP contribution in [0.2, 0.25) is 0 Å². The van der Waals surface area contributed by atoms with Crippen molar-refractivity contribution in [3.8, 4) is 0 Å². The fourth-order valence-corrected chi connectivity index (χ4v) is 2.27. The van der Waals surface area contributed by atoms with Gasteiger partial charge in [0.2, 0.25) is 0 Å². The standard InChI is InChI=1S/C14H19F2N/c1-2-5-17-10-14(3-4-14)9-11-6-12(15)8-13(16)7-11/h6-8,17H,2-5,9-10H2,1H3. The monoisotopic (exact) mass is 239 g/mol. The maximum absolute atomic E-state index is 13.1. The molecule has 94 valence electrons. The maximum atomic E-state index is 13.1. The zero-order chi connectivity index (χ0) is 12.3. The Balaban J connectivity index is 1.95. The first kappa shape index (κ1) is 12.5. The number of hydrogen-bond donors (Lipinski definition) is 1. The van der Waals surface area contributed by atoms with Gasteiger partial charge in [-0.2, -0.15) is 0 Å². The molecule has 1 fully saturated rings. The van der Waals surface area contributed by atoms with Gasteiger partial charge in [-0.3, -0.25) is 0 Å². The van der Waals surface area contributed by atoms with Crippen molar-refractivity contribution in [2.24, 2.45) is 5.41 Å². The lowest BCUT2D eigenvalue weighted by Crippen LogP contribution is -2.26. The lowest BCUT2D eigenvalue weighted by Gasteiger charge is -2.16. The zero-order valence-corrected chi connectivity index (χ0v) is 10.2. The Bertz CT molecular complexity index is 366. The SMILES string of the molecule is CCCNCC1(Cc2cc(F)cc(F)c2)CC1. The number of halogens is 2. The predicted octanol–water partition coefficient (Wildman–Crippen LogP) is 3.29. The number of benzene rings is 1. The molecule has 1 aliphatic rings. The largest absolute Gasteiger partial charge is 0.316 e. The van der Waals surface area contributed by atoms with E-state index >= 15 is 0 Å². The normalized spacial score (nSPS) is 17.1. The van der Waals surface area contributed by atoms with Crippen molar-refractivity contribution in [1.82, 2.24) is 5.32 Å². The molecule has 1 saturated carbocycles. The summed E-state index contributed by atoms with van der Waals surface area (Å²) < 4.78 is 26.1. The van der Waals surface area contributed by atoms with E-state index in [1.165, 1.54) is 12.1 Å². The van der Waals surface area contributed by atoms with E-state index in [0.29, 0.717) is 0 Å². The van der Waals surface area contributed by atoms with Crippen molar-refractivity contribution >= 4 is 0 Å². The smallest absolute Gasteiger partial charge is 0.126 e. The van der Waals surface area contributed by atoms with Crippen molar-refractivity contribution < 1.29 is 8.78 Å². The Morgan fingerprint density at radius 2 is 1.82 bits per heavy atom. The molecule has 0 spiro atoms. The third kappa shape index (κ3) is 3.50. The van der Waals surface area contributed by atoms with Crippen molar-refractivity contribution in [1.29, 1.82) is 0 Å². The minimum atomic E-state index is -0.475. The molecule has 0 aliphatic heterocycles. The highest BCUT2D eigenvalue weighted by Gasteiger charge is 2.41. The molecule has 1 nitrogen and oxygen atoms in total. The van der Waals surface area contributed by atoms with Crippen LogP contribution in [-0.2, 0) is 6.42 Å². The summed E-state index contributed by atoms with van der Waals surface area (Å²) in [6.07, 6.45) is 4.20. The molecule has 0 atom stereocenters. The van der Waals surface area contributed by atoms with E-state index in [1.54, 1.807) is 0 Å². The van der Waals surface area contributed by atoms with Crippen LogP contribution in [0.4, 0.5) is 8.78 Å². The summed E-state index contributed by atoms with van der Waals surface area (Å²) in [5, 5.41) is 3.40. The first-order valence-corrected chi connectivity index (χ1v) is 6.29. The summed E-state index contributed by atoms with van der Waals surface area (Å²) >= 11 is 0. The van der Waals surface area contributed by atoms with E-state index in [1.807, 2.05) is 0 Å². The Morgan fingerprint density at radius 3 is 2.35 bits per heavy atom. The van der Waals surface area contributed by atoms with Crippen LogP contribution in [0.1, 0.15) is 31.7 Å². The average molecular weight is 239 g/mol. The first-order valence-electron chi connectivity index (χ1n) is 6.29. The fourth-order valence-electron chi connectivity index (χ4n) is 2.27. The molecule has 0 saturated heterocycles. The molecule has 3 heteroatoms. The highest BCUT2D eigenvalue weighted by Crippen LogP contribution is 2.47. The van der Waals surface area contributed by atoms with Gasteiger partial charge < -0.3 is 5.32 Å². The minimum absolute atomic E-state index is 0.245. The minimum Gasteiger partial charge on any atom is -0.316 e. The third-order valence-electron chi connectivity index (χ3n) is 3.39. The highest BCUT2D eigenvalue weighted by molar-refractivity contribution is 5.21. The molecular formula is C14H19F2N. The number of rotatable bonds is 6. The summed E-state index contributed by atoms with van der Waals surface area (Å²) in [6.45, 7) is 4.10. The van der Waals surface area contributed by atoms with Gasteiger partial charge >= 0.3 is 0 Å². The predicted molar refractivity (Wildman–Crippen MR) is 64.9 cm³/mol. The molecule has 1 N–H and O–H groups in total. The second-order valence-corrected chi connectivity index (χ2v) is 5.13. The van der Waals surface area contributed by atoms with Gasteiger partial charge in [0.1, 0.15) is 11.6 Å². The Labute approximate surface area is 101 Å². The zero-order valence-electron chi connectivity index (χ0n) is 10.2. The molecule has 0 radical (unpaired) electrons. The molecule has 1 aromatic carbocycles. The molecule has 0 heterocycles. The summed E-state index contributed by atoms with van der Waals surface area (Å²) in [4.78, 5) is 0. The summed E-state index contributed by atoms with van der Waals surface area (Å²) in [5.74, 6) is -0.949. The van der Waals surface area contributed by atoms with Crippen LogP contribution in [0.3, 0.4) is 0 Å². The topological polar surface area (TPSA) is 12.0 Å². The highest BCUT2D eigenvalue weighted by atomic mass is 19.1. The van der Waals surface area contributed by atoms with Gasteiger partial charge in [-0.25, -0.2) is 8.78 Å². The fraction of sp³-hybridized carbons (Fsp3) is 0.571. The van der Waals surface area contributed by atoms with Gasteiger partial charge in [0.15, 0.2) is 0 Å². The van der Waals surface area contributed by atoms with E-state index in [9.17, 15) is 8.78 Å². The Morgan fingerprint density at radius 1 is 1.18 bits per heavy atom. The summed E-state index contributed by atoms with van der Waals surface area (Å²) in [7, 11) is 0. The van der Waals surface area contributed by atoms with Gasteiger partial charge in [0.25, 0.3) is 0 Å².